The van der Waals surface area contributed by atoms with Crippen molar-refractivity contribution in [1.29, 1.82) is 0 Å². The normalized spacial score (nSPS) is 10.4. The van der Waals surface area contributed by atoms with Gasteiger partial charge in [-0.15, -0.1) is 5.10 Å². The second-order valence-electron chi connectivity index (χ2n) is 2.86. The summed E-state index contributed by atoms with van der Waals surface area (Å²) in [6.07, 6.45) is 0.944. The molecule has 5 N–H and O–H groups in total. The average molecular weight is 258 g/mol. The van der Waals surface area contributed by atoms with Gasteiger partial charge in [-0.05, 0) is 12.1 Å². The lowest BCUT2D eigenvalue weighted by Crippen LogP contribution is -2.21. The molecule has 0 radical (unpaired) electrons. The number of phenolic OH excluding ortho intramolecular Hbond substituents is 1. The van der Waals surface area contributed by atoms with E-state index in [0.717, 1.165) is 6.21 Å². The molecule has 1 rings (SSSR count). The van der Waals surface area contributed by atoms with E-state index in [0.29, 0.717) is 0 Å². The number of hydrogen-bond donors (Lipinski definition) is 3. The Balaban J connectivity index is 3.31. The average Bonchev–Trinajstić information content (AvgIpc) is 2.22. The first-order chi connectivity index (χ1) is 7.93. The minimum atomic E-state index is -0.737. The number of nitrogens with two attached hydrogens (primary N) is 2. The van der Waals surface area contributed by atoms with Crippen LogP contribution in [-0.2, 0) is 0 Å². The fraction of sp³-hybridized carbons (Fsp3) is 0. The van der Waals surface area contributed by atoms with E-state index in [-0.39, 0.29) is 22.3 Å². The van der Waals surface area contributed by atoms with Crippen molar-refractivity contribution < 1.29 is 10.0 Å². The fourth-order valence-corrected chi connectivity index (χ4v) is 1.27. The van der Waals surface area contributed by atoms with Gasteiger partial charge < -0.3 is 16.6 Å². The smallest absolute Gasteiger partial charge is 0.300 e. The zero-order chi connectivity index (χ0) is 13.0. The van der Waals surface area contributed by atoms with Gasteiger partial charge in [-0.25, -0.2) is 0 Å². The van der Waals surface area contributed by atoms with Gasteiger partial charge in [0.2, 0.25) is 5.96 Å². The highest BCUT2D eigenvalue weighted by atomic mass is 35.5. The molecule has 0 aliphatic rings. The third-order valence-electron chi connectivity index (χ3n) is 1.69. The van der Waals surface area contributed by atoms with Crippen LogP contribution in [0.25, 0.3) is 0 Å². The standard InChI is InChI=1S/C8H8ClN5O3/c9-5-1-2-6(15)4(7(5)14(16)17)3-12-13-8(10)11/h1-3,15H,(H4,10,11,13). The number of nitro benzene ring substituents is 1. The quantitative estimate of drug-likeness (QED) is 0.314. The van der Waals surface area contributed by atoms with Crippen molar-refractivity contribution in [3.8, 4) is 5.75 Å². The molecule has 0 spiro atoms. The van der Waals surface area contributed by atoms with Gasteiger partial charge >= 0.3 is 0 Å². The van der Waals surface area contributed by atoms with E-state index < -0.39 is 10.6 Å². The molecule has 0 fully saturated rings. The summed E-state index contributed by atoms with van der Waals surface area (Å²) in [4.78, 5) is 10.0. The first-order valence-corrected chi connectivity index (χ1v) is 4.59. The number of hydrogen-bond acceptors (Lipinski definition) is 5. The Morgan fingerprint density at radius 2 is 2.18 bits per heavy atom. The maximum absolute atomic E-state index is 10.8. The highest BCUT2D eigenvalue weighted by molar-refractivity contribution is 6.33. The van der Waals surface area contributed by atoms with E-state index in [4.69, 9.17) is 23.1 Å². The summed E-state index contributed by atoms with van der Waals surface area (Å²) in [5.41, 5.74) is 9.38. The van der Waals surface area contributed by atoms with E-state index >= 15 is 0 Å². The SMILES string of the molecule is NC(N)=NN=Cc1c(O)ccc(Cl)c1[N+](=O)[O-]. The topological polar surface area (TPSA) is 140 Å². The second-order valence-corrected chi connectivity index (χ2v) is 3.26. The summed E-state index contributed by atoms with van der Waals surface area (Å²) in [6, 6.07) is 2.40. The third kappa shape index (κ3) is 3.05. The molecule has 0 atom stereocenters. The molecule has 17 heavy (non-hydrogen) atoms. The van der Waals surface area contributed by atoms with Crippen LogP contribution in [0.4, 0.5) is 5.69 Å². The zero-order valence-electron chi connectivity index (χ0n) is 8.37. The molecule has 90 valence electrons. The van der Waals surface area contributed by atoms with Crippen molar-refractivity contribution in [3.63, 3.8) is 0 Å². The summed E-state index contributed by atoms with van der Waals surface area (Å²) in [6.45, 7) is 0. The molecule has 0 aliphatic carbocycles. The Labute approximate surface area is 100 Å². The van der Waals surface area contributed by atoms with Crippen LogP contribution >= 0.6 is 11.6 Å². The maximum Gasteiger partial charge on any atom is 0.300 e. The monoisotopic (exact) mass is 257 g/mol. The number of nitrogens with zero attached hydrogens (tertiary/aromatic N) is 3. The lowest BCUT2D eigenvalue weighted by Gasteiger charge is -2.01. The molecule has 0 saturated heterocycles. The number of benzene rings is 1. The van der Waals surface area contributed by atoms with Gasteiger partial charge in [-0.2, -0.15) is 5.10 Å². The van der Waals surface area contributed by atoms with Crippen LogP contribution < -0.4 is 11.5 Å². The molecule has 0 saturated carbocycles. The Hall–Kier alpha value is -2.35. The minimum Gasteiger partial charge on any atom is -0.507 e. The number of phenols is 1. The van der Waals surface area contributed by atoms with Gasteiger partial charge in [0.15, 0.2) is 0 Å². The van der Waals surface area contributed by atoms with Crippen molar-refractivity contribution in [2.75, 3.05) is 0 Å². The molecule has 0 amide bonds. The summed E-state index contributed by atoms with van der Waals surface area (Å²) < 4.78 is 0. The highest BCUT2D eigenvalue weighted by Gasteiger charge is 2.20. The number of nitro groups is 1. The van der Waals surface area contributed by atoms with Gasteiger partial charge in [-0.1, -0.05) is 11.6 Å². The molecule has 0 bridgehead atoms. The van der Waals surface area contributed by atoms with Crippen LogP contribution in [0.15, 0.2) is 22.3 Å². The summed E-state index contributed by atoms with van der Waals surface area (Å²) in [5, 5.41) is 26.7. The van der Waals surface area contributed by atoms with Crippen molar-refractivity contribution in [3.05, 3.63) is 32.8 Å². The van der Waals surface area contributed by atoms with Crippen molar-refractivity contribution in [2.24, 2.45) is 21.7 Å². The van der Waals surface area contributed by atoms with Crippen LogP contribution in [0.1, 0.15) is 5.56 Å². The predicted molar refractivity (Wildman–Crippen MR) is 63.2 cm³/mol. The van der Waals surface area contributed by atoms with Gasteiger partial charge in [0.25, 0.3) is 5.69 Å². The lowest BCUT2D eigenvalue weighted by molar-refractivity contribution is -0.384. The fourth-order valence-electron chi connectivity index (χ4n) is 1.04. The van der Waals surface area contributed by atoms with E-state index in [2.05, 4.69) is 10.2 Å². The number of rotatable bonds is 3. The molecule has 0 unspecified atom stereocenters. The minimum absolute atomic E-state index is 0.126. The van der Waals surface area contributed by atoms with Gasteiger partial charge in [-0.3, -0.25) is 10.1 Å². The Morgan fingerprint density at radius 3 is 2.71 bits per heavy atom. The van der Waals surface area contributed by atoms with Crippen molar-refractivity contribution in [2.45, 2.75) is 0 Å². The van der Waals surface area contributed by atoms with Gasteiger partial charge in [0.05, 0.1) is 11.1 Å². The highest BCUT2D eigenvalue weighted by Crippen LogP contribution is 2.33. The maximum atomic E-state index is 10.8. The first-order valence-electron chi connectivity index (χ1n) is 4.21. The van der Waals surface area contributed by atoms with E-state index in [1.54, 1.807) is 0 Å². The summed E-state index contributed by atoms with van der Waals surface area (Å²) in [5.74, 6) is -0.666. The number of guanidine groups is 1. The zero-order valence-corrected chi connectivity index (χ0v) is 9.13. The Bertz CT molecular complexity index is 510. The van der Waals surface area contributed by atoms with Crippen LogP contribution in [0.3, 0.4) is 0 Å². The van der Waals surface area contributed by atoms with Gasteiger partial charge in [0.1, 0.15) is 16.3 Å². The molecule has 0 aliphatic heterocycles. The largest absolute Gasteiger partial charge is 0.507 e. The van der Waals surface area contributed by atoms with Crippen LogP contribution in [0.2, 0.25) is 5.02 Å². The molecular formula is C8H8ClN5O3. The number of aromatic hydroxyl groups is 1. The molecule has 0 aromatic heterocycles. The van der Waals surface area contributed by atoms with E-state index in [9.17, 15) is 15.2 Å². The van der Waals surface area contributed by atoms with Crippen LogP contribution in [-0.4, -0.2) is 22.2 Å². The predicted octanol–water partition coefficient (Wildman–Crippen LogP) is 0.561. The molecular weight excluding hydrogens is 250 g/mol. The summed E-state index contributed by atoms with van der Waals surface area (Å²) in [7, 11) is 0. The Morgan fingerprint density at radius 1 is 1.53 bits per heavy atom. The first kappa shape index (κ1) is 12.7. The lowest BCUT2D eigenvalue weighted by atomic mass is 10.2. The van der Waals surface area contributed by atoms with Gasteiger partial charge in [0, 0.05) is 0 Å². The van der Waals surface area contributed by atoms with E-state index in [1.165, 1.54) is 12.1 Å². The van der Waals surface area contributed by atoms with Crippen molar-refractivity contribution >= 4 is 29.5 Å². The molecule has 0 heterocycles. The molecule has 8 nitrogen and oxygen atoms in total. The van der Waals surface area contributed by atoms with Crippen LogP contribution in [0.5, 0.6) is 5.75 Å². The number of halogens is 1. The Kier molecular flexibility index (Phi) is 3.83. The van der Waals surface area contributed by atoms with Crippen LogP contribution in [0, 0.1) is 10.1 Å². The molecule has 9 heteroatoms. The second kappa shape index (κ2) is 5.12. The third-order valence-corrected chi connectivity index (χ3v) is 1.99. The van der Waals surface area contributed by atoms with E-state index in [1.807, 2.05) is 0 Å². The van der Waals surface area contributed by atoms with Crippen molar-refractivity contribution in [1.82, 2.24) is 0 Å². The molecule has 1 aromatic rings. The molecule has 1 aromatic carbocycles. The summed E-state index contributed by atoms with van der Waals surface area (Å²) >= 11 is 5.64.